The lowest BCUT2D eigenvalue weighted by Gasteiger charge is -2.15. The maximum Gasteiger partial charge on any atom is 0.417 e. The number of aromatic nitrogens is 4. The second-order valence-corrected chi connectivity index (χ2v) is 7.97. The third-order valence-corrected chi connectivity index (χ3v) is 5.98. The Bertz CT molecular complexity index is 1730. The molecule has 5 aromatic rings. The normalized spacial score (nSPS) is 11.8. The van der Waals surface area contributed by atoms with Gasteiger partial charge in [-0.15, -0.1) is 0 Å². The first-order valence-electron chi connectivity index (χ1n) is 10.5. The summed E-state index contributed by atoms with van der Waals surface area (Å²) in [4.78, 5) is 16.1. The molecular formula is C25H17F3N6O. The average molecular weight is 474 g/mol. The summed E-state index contributed by atoms with van der Waals surface area (Å²) in [7, 11) is 1.66. The maximum atomic E-state index is 14.1. The molecule has 5 rings (SSSR count). The molecule has 3 N–H and O–H groups in total. The summed E-state index contributed by atoms with van der Waals surface area (Å²) in [6.07, 6.45) is -3.36. The van der Waals surface area contributed by atoms with Gasteiger partial charge >= 0.3 is 6.18 Å². The van der Waals surface area contributed by atoms with Crippen molar-refractivity contribution in [3.05, 3.63) is 87.8 Å². The van der Waals surface area contributed by atoms with Crippen molar-refractivity contribution in [2.24, 2.45) is 12.8 Å². The van der Waals surface area contributed by atoms with Crippen LogP contribution in [0.15, 0.2) is 59.5 Å². The highest BCUT2D eigenvalue weighted by molar-refractivity contribution is 6.04. The van der Waals surface area contributed by atoms with Crippen LogP contribution in [0.1, 0.15) is 11.3 Å². The third-order valence-electron chi connectivity index (χ3n) is 5.98. The number of rotatable bonds is 3. The second kappa shape index (κ2) is 8.07. The summed E-state index contributed by atoms with van der Waals surface area (Å²) in [6, 6.07) is 13.4. The second-order valence-electron chi connectivity index (χ2n) is 7.97. The van der Waals surface area contributed by atoms with Gasteiger partial charge in [-0.3, -0.25) is 9.48 Å². The van der Waals surface area contributed by atoms with E-state index in [4.69, 9.17) is 12.3 Å². The quantitative estimate of drug-likeness (QED) is 0.353. The van der Waals surface area contributed by atoms with Crippen LogP contribution in [0.2, 0.25) is 0 Å². The number of benzene rings is 3. The van der Waals surface area contributed by atoms with Crippen LogP contribution >= 0.6 is 0 Å². The van der Waals surface area contributed by atoms with Crippen molar-refractivity contribution in [3.8, 4) is 22.4 Å². The minimum Gasteiger partial charge on any atom is -0.325 e. The number of H-pyrrole nitrogens is 1. The molecule has 0 saturated heterocycles. The van der Waals surface area contributed by atoms with Gasteiger partial charge in [0, 0.05) is 30.1 Å². The van der Waals surface area contributed by atoms with E-state index in [1.807, 2.05) is 30.3 Å². The van der Waals surface area contributed by atoms with Crippen LogP contribution in [-0.4, -0.2) is 20.0 Å². The molecule has 0 radical (unpaired) electrons. The Hall–Kier alpha value is -4.49. The van der Waals surface area contributed by atoms with Crippen molar-refractivity contribution in [2.45, 2.75) is 12.7 Å². The number of nitrogens with two attached hydrogens (primary N) is 1. The molecule has 3 aromatic carbocycles. The van der Waals surface area contributed by atoms with Crippen molar-refractivity contribution in [2.75, 3.05) is 0 Å². The number of nitrogens with one attached hydrogen (secondary N) is 1. The van der Waals surface area contributed by atoms with Crippen molar-refractivity contribution in [1.82, 2.24) is 20.0 Å². The van der Waals surface area contributed by atoms with Gasteiger partial charge in [-0.05, 0) is 28.5 Å². The third kappa shape index (κ3) is 3.53. The van der Waals surface area contributed by atoms with Crippen molar-refractivity contribution in [3.63, 3.8) is 0 Å². The molecule has 0 aliphatic carbocycles. The molecule has 0 fully saturated rings. The van der Waals surface area contributed by atoms with E-state index >= 15 is 0 Å². The number of hydrogen-bond acceptors (Lipinski definition) is 4. The minimum atomic E-state index is -4.80. The largest absolute Gasteiger partial charge is 0.417 e. The monoisotopic (exact) mass is 474 g/mol. The molecule has 0 bridgehead atoms. The Labute approximate surface area is 196 Å². The first-order chi connectivity index (χ1) is 16.7. The van der Waals surface area contributed by atoms with Crippen molar-refractivity contribution in [1.29, 1.82) is 0 Å². The molecule has 0 amide bonds. The molecule has 0 atom stereocenters. The number of halogens is 3. The van der Waals surface area contributed by atoms with Gasteiger partial charge in [-0.25, -0.2) is 9.94 Å². The lowest BCUT2D eigenvalue weighted by molar-refractivity contribution is -0.136. The summed E-state index contributed by atoms with van der Waals surface area (Å²) >= 11 is 0. The van der Waals surface area contributed by atoms with Gasteiger partial charge < -0.3 is 5.73 Å². The molecule has 0 unspecified atom stereocenters. The fourth-order valence-corrected chi connectivity index (χ4v) is 4.42. The molecule has 0 spiro atoms. The van der Waals surface area contributed by atoms with Crippen LogP contribution in [-0.2, 0) is 19.8 Å². The van der Waals surface area contributed by atoms with E-state index in [2.05, 4.69) is 20.1 Å². The molecule has 174 valence electrons. The summed E-state index contributed by atoms with van der Waals surface area (Å²) in [5.74, 6) is 0. The van der Waals surface area contributed by atoms with E-state index in [0.717, 1.165) is 16.8 Å². The summed E-state index contributed by atoms with van der Waals surface area (Å²) < 4.78 is 43.8. The maximum absolute atomic E-state index is 14.1. The SMILES string of the molecule is [C-]#[N+]c1c(-c2c(-c3cc(C(F)(F)F)c4c(=O)[nH]nc(CN)c4c3)cnn2C)ccc2ccccc12. The van der Waals surface area contributed by atoms with Gasteiger partial charge in [0.25, 0.3) is 5.56 Å². The van der Waals surface area contributed by atoms with Crippen LogP contribution in [0.4, 0.5) is 18.9 Å². The molecule has 0 saturated carbocycles. The van der Waals surface area contributed by atoms with E-state index in [0.29, 0.717) is 22.5 Å². The lowest BCUT2D eigenvalue weighted by Crippen LogP contribution is -2.18. The summed E-state index contributed by atoms with van der Waals surface area (Å²) in [5, 5.41) is 11.3. The molecular weight excluding hydrogens is 457 g/mol. The molecule has 0 aliphatic heterocycles. The van der Waals surface area contributed by atoms with Crippen LogP contribution in [0, 0.1) is 6.57 Å². The molecule has 7 nitrogen and oxygen atoms in total. The Morgan fingerprint density at radius 1 is 1.11 bits per heavy atom. The van der Waals surface area contributed by atoms with Crippen LogP contribution in [0.5, 0.6) is 0 Å². The highest BCUT2D eigenvalue weighted by Crippen LogP contribution is 2.43. The van der Waals surface area contributed by atoms with Crippen LogP contribution in [0.3, 0.4) is 0 Å². The zero-order valence-corrected chi connectivity index (χ0v) is 18.3. The Kier molecular flexibility index (Phi) is 5.15. The molecule has 0 aliphatic rings. The number of aromatic amines is 1. The van der Waals surface area contributed by atoms with Crippen LogP contribution in [0.25, 0.3) is 48.8 Å². The number of hydrogen-bond donors (Lipinski definition) is 2. The standard InChI is InChI=1S/C25H17F3N6O/c1-30-22-15-6-4-3-5-13(15)7-8-16(22)23-18(12-31-34(23)2)14-9-17-20(11-29)32-33-24(35)21(17)19(10-14)25(26,27)28/h3-10,12H,11,29H2,2H3,(H,33,35). The van der Waals surface area contributed by atoms with E-state index < -0.39 is 22.7 Å². The first kappa shape index (κ1) is 22.3. The van der Waals surface area contributed by atoms with Gasteiger partial charge in [0.2, 0.25) is 5.69 Å². The van der Waals surface area contributed by atoms with Gasteiger partial charge in [-0.2, -0.15) is 23.4 Å². The van der Waals surface area contributed by atoms with Gasteiger partial charge in [0.15, 0.2) is 0 Å². The average Bonchev–Trinajstić information content (AvgIpc) is 3.23. The summed E-state index contributed by atoms with van der Waals surface area (Å²) in [5.41, 5.74) is 5.73. The molecule has 35 heavy (non-hydrogen) atoms. The fourth-order valence-electron chi connectivity index (χ4n) is 4.42. The van der Waals surface area contributed by atoms with E-state index in [-0.39, 0.29) is 23.2 Å². The number of fused-ring (bicyclic) bond motifs is 2. The van der Waals surface area contributed by atoms with Gasteiger partial charge in [-0.1, -0.05) is 36.4 Å². The summed E-state index contributed by atoms with van der Waals surface area (Å²) in [6.45, 7) is 7.64. The molecule has 2 aromatic heterocycles. The van der Waals surface area contributed by atoms with Gasteiger partial charge in [0.1, 0.15) is 0 Å². The van der Waals surface area contributed by atoms with E-state index in [1.165, 1.54) is 16.9 Å². The van der Waals surface area contributed by atoms with Crippen molar-refractivity contribution < 1.29 is 13.2 Å². The predicted octanol–water partition coefficient (Wildman–Crippen LogP) is 5.17. The Morgan fingerprint density at radius 3 is 2.60 bits per heavy atom. The number of aryl methyl sites for hydroxylation is 1. The highest BCUT2D eigenvalue weighted by Gasteiger charge is 2.35. The lowest BCUT2D eigenvalue weighted by atomic mass is 9.93. The van der Waals surface area contributed by atoms with Gasteiger partial charge in [0.05, 0.1) is 35.1 Å². The topological polar surface area (TPSA) is 93.9 Å². The van der Waals surface area contributed by atoms with E-state index in [1.54, 1.807) is 13.1 Å². The van der Waals surface area contributed by atoms with Crippen LogP contribution < -0.4 is 11.3 Å². The Balaban J connectivity index is 1.86. The fraction of sp³-hybridized carbons (Fsp3) is 0.120. The smallest absolute Gasteiger partial charge is 0.325 e. The van der Waals surface area contributed by atoms with E-state index in [9.17, 15) is 18.0 Å². The molecule has 2 heterocycles. The zero-order chi connectivity index (χ0) is 24.9. The predicted molar refractivity (Wildman–Crippen MR) is 127 cm³/mol. The Morgan fingerprint density at radius 2 is 1.89 bits per heavy atom. The number of alkyl halides is 3. The minimum absolute atomic E-state index is 0.0137. The highest BCUT2D eigenvalue weighted by atomic mass is 19.4. The van der Waals surface area contributed by atoms with Crippen molar-refractivity contribution >= 4 is 27.2 Å². The molecule has 10 heteroatoms. The zero-order valence-electron chi connectivity index (χ0n) is 18.3. The first-order valence-corrected chi connectivity index (χ1v) is 10.5. The number of nitrogens with zero attached hydrogens (tertiary/aromatic N) is 4.